The predicted octanol–water partition coefficient (Wildman–Crippen LogP) is 0.587. The van der Waals surface area contributed by atoms with Gasteiger partial charge in [0.15, 0.2) is 0 Å². The van der Waals surface area contributed by atoms with Gasteiger partial charge in [0.1, 0.15) is 0 Å². The zero-order valence-corrected chi connectivity index (χ0v) is 11.1. The van der Waals surface area contributed by atoms with Gasteiger partial charge in [-0.3, -0.25) is 4.90 Å². The first kappa shape index (κ1) is 13.1. The van der Waals surface area contributed by atoms with Crippen molar-refractivity contribution in [3.8, 4) is 0 Å². The molecule has 1 aromatic rings. The number of nitrogens with zero attached hydrogens (tertiary/aromatic N) is 1. The van der Waals surface area contributed by atoms with Crippen LogP contribution in [0.15, 0.2) is 24.3 Å². The monoisotopic (exact) mass is 263 g/mol. The fourth-order valence-electron chi connectivity index (χ4n) is 3.16. The molecular formula is C15H21NO3. The summed E-state index contributed by atoms with van der Waals surface area (Å²) in [6.07, 6.45) is 1.01. The first-order valence-electron chi connectivity index (χ1n) is 6.89. The molecule has 0 bridgehead atoms. The Labute approximate surface area is 113 Å². The van der Waals surface area contributed by atoms with Crippen LogP contribution in [0.5, 0.6) is 0 Å². The third-order valence-electron chi connectivity index (χ3n) is 4.39. The van der Waals surface area contributed by atoms with Crippen LogP contribution >= 0.6 is 0 Å². The number of hydrogen-bond donors (Lipinski definition) is 2. The number of fused-ring (bicyclic) bond motifs is 1. The molecule has 2 aliphatic heterocycles. The zero-order chi connectivity index (χ0) is 13.3. The molecule has 2 heterocycles. The highest BCUT2D eigenvalue weighted by Gasteiger charge is 2.41. The Morgan fingerprint density at radius 3 is 2.68 bits per heavy atom. The molecule has 0 aromatic heterocycles. The van der Waals surface area contributed by atoms with Crippen LogP contribution in [0.1, 0.15) is 17.2 Å². The molecule has 104 valence electrons. The zero-order valence-electron chi connectivity index (χ0n) is 11.1. The van der Waals surface area contributed by atoms with E-state index < -0.39 is 0 Å². The van der Waals surface area contributed by atoms with Crippen LogP contribution in [-0.4, -0.2) is 54.6 Å². The van der Waals surface area contributed by atoms with Gasteiger partial charge in [0.25, 0.3) is 0 Å². The molecule has 3 rings (SSSR count). The van der Waals surface area contributed by atoms with E-state index in [1.807, 2.05) is 6.07 Å². The van der Waals surface area contributed by atoms with Crippen molar-refractivity contribution in [2.24, 2.45) is 5.41 Å². The lowest BCUT2D eigenvalue weighted by molar-refractivity contribution is -0.153. The Hall–Kier alpha value is -0.940. The van der Waals surface area contributed by atoms with Gasteiger partial charge < -0.3 is 14.9 Å². The highest BCUT2D eigenvalue weighted by atomic mass is 16.5. The van der Waals surface area contributed by atoms with Crippen molar-refractivity contribution in [3.05, 3.63) is 35.4 Å². The maximum atomic E-state index is 9.73. The van der Waals surface area contributed by atoms with E-state index in [9.17, 15) is 10.2 Å². The van der Waals surface area contributed by atoms with Gasteiger partial charge in [-0.1, -0.05) is 24.3 Å². The van der Waals surface area contributed by atoms with Gasteiger partial charge in [-0.2, -0.15) is 0 Å². The summed E-state index contributed by atoms with van der Waals surface area (Å²) in [4.78, 5) is 2.29. The normalized spacial score (nSPS) is 25.7. The standard InChI is InChI=1S/C15H21NO3/c17-7-14-13-4-2-1-3-12(13)5-6-16(14)8-15(9-18)10-19-11-15/h1-4,14,17-18H,5-11H2. The largest absolute Gasteiger partial charge is 0.396 e. The van der Waals surface area contributed by atoms with E-state index in [-0.39, 0.29) is 24.7 Å². The Kier molecular flexibility index (Phi) is 3.58. The van der Waals surface area contributed by atoms with Crippen LogP contribution in [-0.2, 0) is 11.2 Å². The first-order chi connectivity index (χ1) is 9.28. The minimum Gasteiger partial charge on any atom is -0.396 e. The molecule has 4 heteroatoms. The summed E-state index contributed by atoms with van der Waals surface area (Å²) in [7, 11) is 0. The number of benzene rings is 1. The van der Waals surface area contributed by atoms with Crippen LogP contribution in [0.3, 0.4) is 0 Å². The molecule has 0 spiro atoms. The molecule has 2 aliphatic rings. The van der Waals surface area contributed by atoms with Crippen molar-refractivity contribution in [3.63, 3.8) is 0 Å². The highest BCUT2D eigenvalue weighted by molar-refractivity contribution is 5.32. The summed E-state index contributed by atoms with van der Waals surface area (Å²) in [5.41, 5.74) is 2.44. The maximum Gasteiger partial charge on any atom is 0.0628 e. The average Bonchev–Trinajstić information content (AvgIpc) is 2.42. The molecule has 0 amide bonds. The summed E-state index contributed by atoms with van der Waals surface area (Å²) in [6.45, 7) is 3.26. The molecule has 4 nitrogen and oxygen atoms in total. The lowest BCUT2D eigenvalue weighted by Crippen LogP contribution is -2.55. The topological polar surface area (TPSA) is 52.9 Å². The molecule has 0 aliphatic carbocycles. The van der Waals surface area contributed by atoms with Crippen LogP contribution in [0.4, 0.5) is 0 Å². The number of aliphatic hydroxyl groups is 2. The van der Waals surface area contributed by atoms with E-state index in [0.29, 0.717) is 13.2 Å². The maximum absolute atomic E-state index is 9.73. The number of aliphatic hydroxyl groups excluding tert-OH is 2. The van der Waals surface area contributed by atoms with E-state index in [1.165, 1.54) is 11.1 Å². The van der Waals surface area contributed by atoms with Gasteiger partial charge in [0.2, 0.25) is 0 Å². The second-order valence-corrected chi connectivity index (χ2v) is 5.77. The summed E-state index contributed by atoms with van der Waals surface area (Å²) in [5, 5.41) is 19.3. The highest BCUT2D eigenvalue weighted by Crippen LogP contribution is 2.35. The summed E-state index contributed by atoms with van der Waals surface area (Å²) >= 11 is 0. The predicted molar refractivity (Wildman–Crippen MR) is 71.9 cm³/mol. The Morgan fingerprint density at radius 2 is 2.05 bits per heavy atom. The van der Waals surface area contributed by atoms with Crippen molar-refractivity contribution in [1.82, 2.24) is 4.90 Å². The SMILES string of the molecule is OCC1c2ccccc2CCN1CC1(CO)COC1. The second kappa shape index (κ2) is 5.21. The molecule has 1 atom stereocenters. The van der Waals surface area contributed by atoms with Crippen LogP contribution < -0.4 is 0 Å². The quantitative estimate of drug-likeness (QED) is 0.835. The first-order valence-corrected chi connectivity index (χ1v) is 6.89. The number of ether oxygens (including phenoxy) is 1. The fraction of sp³-hybridized carbons (Fsp3) is 0.600. The van der Waals surface area contributed by atoms with Crippen molar-refractivity contribution < 1.29 is 14.9 Å². The minimum absolute atomic E-state index is 0.0500. The van der Waals surface area contributed by atoms with Gasteiger partial charge in [-0.15, -0.1) is 0 Å². The van der Waals surface area contributed by atoms with Gasteiger partial charge >= 0.3 is 0 Å². The third kappa shape index (κ3) is 2.30. The molecule has 1 fully saturated rings. The molecule has 0 radical (unpaired) electrons. The minimum atomic E-state index is -0.125. The summed E-state index contributed by atoms with van der Waals surface area (Å²) in [5.74, 6) is 0. The van der Waals surface area contributed by atoms with Gasteiger partial charge in [0, 0.05) is 13.1 Å². The Bertz CT molecular complexity index is 439. The lowest BCUT2D eigenvalue weighted by Gasteiger charge is -2.46. The van der Waals surface area contributed by atoms with Crippen LogP contribution in [0.25, 0.3) is 0 Å². The van der Waals surface area contributed by atoms with Gasteiger partial charge in [-0.25, -0.2) is 0 Å². The fourth-order valence-corrected chi connectivity index (χ4v) is 3.16. The molecular weight excluding hydrogens is 242 g/mol. The molecule has 2 N–H and O–H groups in total. The van der Waals surface area contributed by atoms with E-state index in [0.717, 1.165) is 19.5 Å². The van der Waals surface area contributed by atoms with Crippen molar-refractivity contribution in [2.75, 3.05) is 39.5 Å². The van der Waals surface area contributed by atoms with Crippen molar-refractivity contribution in [2.45, 2.75) is 12.5 Å². The van der Waals surface area contributed by atoms with Gasteiger partial charge in [-0.05, 0) is 17.5 Å². The molecule has 1 saturated heterocycles. The smallest absolute Gasteiger partial charge is 0.0628 e. The van der Waals surface area contributed by atoms with Crippen LogP contribution in [0.2, 0.25) is 0 Å². The molecule has 1 unspecified atom stereocenters. The summed E-state index contributed by atoms with van der Waals surface area (Å²) < 4.78 is 5.26. The lowest BCUT2D eigenvalue weighted by atomic mass is 9.84. The average molecular weight is 263 g/mol. The third-order valence-corrected chi connectivity index (χ3v) is 4.39. The molecule has 19 heavy (non-hydrogen) atoms. The van der Waals surface area contributed by atoms with Crippen molar-refractivity contribution >= 4 is 0 Å². The molecule has 0 saturated carbocycles. The van der Waals surface area contributed by atoms with Crippen LogP contribution in [0, 0.1) is 5.41 Å². The Morgan fingerprint density at radius 1 is 1.26 bits per heavy atom. The van der Waals surface area contributed by atoms with Gasteiger partial charge in [0.05, 0.1) is 37.9 Å². The van der Waals surface area contributed by atoms with E-state index in [1.54, 1.807) is 0 Å². The van der Waals surface area contributed by atoms with Crippen molar-refractivity contribution in [1.29, 1.82) is 0 Å². The summed E-state index contributed by atoms with van der Waals surface area (Å²) in [6, 6.07) is 8.38. The van der Waals surface area contributed by atoms with E-state index >= 15 is 0 Å². The second-order valence-electron chi connectivity index (χ2n) is 5.77. The Balaban J connectivity index is 1.80. The van der Waals surface area contributed by atoms with E-state index in [4.69, 9.17) is 4.74 Å². The van der Waals surface area contributed by atoms with E-state index in [2.05, 4.69) is 23.1 Å². The number of hydrogen-bond acceptors (Lipinski definition) is 4. The number of rotatable bonds is 4. The molecule has 1 aromatic carbocycles.